The summed E-state index contributed by atoms with van der Waals surface area (Å²) in [6.45, 7) is 9.45. The van der Waals surface area contributed by atoms with Crippen LogP contribution in [0.15, 0.2) is 23.5 Å². The first-order valence-electron chi connectivity index (χ1n) is 6.87. The van der Waals surface area contributed by atoms with Crippen LogP contribution >= 0.6 is 0 Å². The van der Waals surface area contributed by atoms with E-state index in [-0.39, 0.29) is 25.2 Å². The van der Waals surface area contributed by atoms with Crippen LogP contribution < -0.4 is 15.8 Å². The SMILES string of the molecule is C=NC(=C)COc1cnc(N)nc1NC(CCC)CCO. The van der Waals surface area contributed by atoms with Gasteiger partial charge in [-0.25, -0.2) is 4.98 Å². The van der Waals surface area contributed by atoms with Crippen molar-refractivity contribution < 1.29 is 9.84 Å². The Morgan fingerprint density at radius 2 is 2.33 bits per heavy atom. The lowest BCUT2D eigenvalue weighted by molar-refractivity contribution is 0.276. The molecule has 1 atom stereocenters. The van der Waals surface area contributed by atoms with Gasteiger partial charge in [0.2, 0.25) is 5.95 Å². The minimum Gasteiger partial charge on any atom is -0.482 e. The minimum absolute atomic E-state index is 0.0948. The average molecular weight is 293 g/mol. The number of nitrogens with two attached hydrogens (primary N) is 1. The lowest BCUT2D eigenvalue weighted by Crippen LogP contribution is -2.22. The zero-order valence-corrected chi connectivity index (χ0v) is 12.4. The van der Waals surface area contributed by atoms with Crippen molar-refractivity contribution in [3.8, 4) is 5.75 Å². The Morgan fingerprint density at radius 3 is 2.95 bits per heavy atom. The predicted molar refractivity (Wildman–Crippen MR) is 84.6 cm³/mol. The van der Waals surface area contributed by atoms with E-state index in [0.717, 1.165) is 12.8 Å². The van der Waals surface area contributed by atoms with Crippen molar-refractivity contribution in [1.82, 2.24) is 9.97 Å². The van der Waals surface area contributed by atoms with Crippen molar-refractivity contribution >= 4 is 18.5 Å². The van der Waals surface area contributed by atoms with Gasteiger partial charge >= 0.3 is 0 Å². The first-order chi connectivity index (χ1) is 10.1. The van der Waals surface area contributed by atoms with Crippen LogP contribution in [0, 0.1) is 0 Å². The summed E-state index contributed by atoms with van der Waals surface area (Å²) in [7, 11) is 0. The van der Waals surface area contributed by atoms with Crippen molar-refractivity contribution in [2.75, 3.05) is 24.3 Å². The number of nitrogen functional groups attached to an aromatic ring is 1. The second kappa shape index (κ2) is 8.91. The predicted octanol–water partition coefficient (Wildman–Crippen LogP) is 1.61. The number of aliphatic imine (C=N–C) groups is 1. The molecule has 0 bridgehead atoms. The average Bonchev–Trinajstić information content (AvgIpc) is 2.46. The minimum atomic E-state index is 0.0948. The van der Waals surface area contributed by atoms with Gasteiger partial charge in [0.15, 0.2) is 11.6 Å². The van der Waals surface area contributed by atoms with Gasteiger partial charge in [0.05, 0.1) is 11.9 Å². The van der Waals surface area contributed by atoms with Crippen LogP contribution in [0.1, 0.15) is 26.2 Å². The first-order valence-corrected chi connectivity index (χ1v) is 6.87. The summed E-state index contributed by atoms with van der Waals surface area (Å²) in [6.07, 6.45) is 4.03. The maximum atomic E-state index is 9.11. The number of ether oxygens (including phenoxy) is 1. The Hall–Kier alpha value is -2.15. The molecule has 0 aliphatic carbocycles. The summed E-state index contributed by atoms with van der Waals surface area (Å²) in [5, 5.41) is 12.4. The second-order valence-electron chi connectivity index (χ2n) is 4.60. The molecule has 1 heterocycles. The molecular formula is C14H23N5O2. The topological polar surface area (TPSA) is 106 Å². The molecule has 7 heteroatoms. The van der Waals surface area contributed by atoms with Gasteiger partial charge in [-0.05, 0) is 19.6 Å². The van der Waals surface area contributed by atoms with E-state index < -0.39 is 0 Å². The van der Waals surface area contributed by atoms with E-state index in [0.29, 0.717) is 23.7 Å². The van der Waals surface area contributed by atoms with Crippen LogP contribution in [0.25, 0.3) is 0 Å². The fourth-order valence-corrected chi connectivity index (χ4v) is 1.79. The quantitative estimate of drug-likeness (QED) is 0.566. The smallest absolute Gasteiger partial charge is 0.222 e. The molecular weight excluding hydrogens is 270 g/mol. The molecule has 0 saturated heterocycles. The first kappa shape index (κ1) is 16.9. The molecule has 116 valence electrons. The normalized spacial score (nSPS) is 11.7. The number of hydrogen-bond acceptors (Lipinski definition) is 7. The number of hydrogen-bond donors (Lipinski definition) is 3. The number of rotatable bonds is 10. The van der Waals surface area contributed by atoms with Crippen LogP contribution in [0.5, 0.6) is 5.75 Å². The van der Waals surface area contributed by atoms with Gasteiger partial charge in [0, 0.05) is 12.6 Å². The summed E-state index contributed by atoms with van der Waals surface area (Å²) in [5.41, 5.74) is 6.13. The van der Waals surface area contributed by atoms with Gasteiger partial charge in [0.1, 0.15) is 6.61 Å². The van der Waals surface area contributed by atoms with E-state index in [1.807, 2.05) is 0 Å². The Morgan fingerprint density at radius 1 is 1.57 bits per heavy atom. The molecule has 7 nitrogen and oxygen atoms in total. The van der Waals surface area contributed by atoms with E-state index >= 15 is 0 Å². The maximum Gasteiger partial charge on any atom is 0.222 e. The van der Waals surface area contributed by atoms with E-state index in [1.165, 1.54) is 6.20 Å². The van der Waals surface area contributed by atoms with Crippen LogP contribution in [-0.2, 0) is 0 Å². The Kier molecular flexibility index (Phi) is 7.17. The molecule has 0 aliphatic heterocycles. The molecule has 1 rings (SSSR count). The third-order valence-corrected chi connectivity index (χ3v) is 2.85. The van der Waals surface area contributed by atoms with Gasteiger partial charge in [-0.15, -0.1) is 0 Å². The largest absolute Gasteiger partial charge is 0.482 e. The summed E-state index contributed by atoms with van der Waals surface area (Å²) in [6, 6.07) is 0.0948. The third kappa shape index (κ3) is 5.78. The lowest BCUT2D eigenvalue weighted by Gasteiger charge is -2.19. The lowest BCUT2D eigenvalue weighted by atomic mass is 10.1. The van der Waals surface area contributed by atoms with Gasteiger partial charge in [-0.2, -0.15) is 4.98 Å². The number of aliphatic hydroxyl groups excluding tert-OH is 1. The third-order valence-electron chi connectivity index (χ3n) is 2.85. The number of aromatic nitrogens is 2. The molecule has 0 spiro atoms. The number of anilines is 2. The van der Waals surface area contributed by atoms with E-state index in [2.05, 4.69) is 40.5 Å². The Labute approximate surface area is 125 Å². The molecule has 0 amide bonds. The highest BCUT2D eigenvalue weighted by molar-refractivity contribution is 5.52. The van der Waals surface area contributed by atoms with Crippen LogP contribution in [0.4, 0.5) is 11.8 Å². The van der Waals surface area contributed by atoms with Gasteiger partial charge in [-0.3, -0.25) is 4.99 Å². The second-order valence-corrected chi connectivity index (χ2v) is 4.60. The monoisotopic (exact) mass is 293 g/mol. The fourth-order valence-electron chi connectivity index (χ4n) is 1.79. The number of aliphatic hydroxyl groups is 1. The number of nitrogens with zero attached hydrogens (tertiary/aromatic N) is 3. The molecule has 0 saturated carbocycles. The summed E-state index contributed by atoms with van der Waals surface area (Å²) in [5.74, 6) is 1.13. The van der Waals surface area contributed by atoms with Crippen molar-refractivity contribution in [1.29, 1.82) is 0 Å². The van der Waals surface area contributed by atoms with E-state index in [1.54, 1.807) is 0 Å². The summed E-state index contributed by atoms with van der Waals surface area (Å²) in [4.78, 5) is 11.8. The highest BCUT2D eigenvalue weighted by Crippen LogP contribution is 2.24. The van der Waals surface area contributed by atoms with Gasteiger partial charge < -0.3 is 20.9 Å². The molecule has 0 aliphatic rings. The van der Waals surface area contributed by atoms with Gasteiger partial charge in [0.25, 0.3) is 0 Å². The molecule has 0 aromatic carbocycles. The highest BCUT2D eigenvalue weighted by Gasteiger charge is 2.13. The Balaban J connectivity index is 2.84. The molecule has 1 aromatic rings. The van der Waals surface area contributed by atoms with Crippen molar-refractivity contribution in [3.05, 3.63) is 18.5 Å². The summed E-state index contributed by atoms with van der Waals surface area (Å²) >= 11 is 0. The van der Waals surface area contributed by atoms with Crippen molar-refractivity contribution in [2.24, 2.45) is 4.99 Å². The summed E-state index contributed by atoms with van der Waals surface area (Å²) < 4.78 is 5.56. The van der Waals surface area contributed by atoms with Crippen LogP contribution in [-0.4, -0.2) is 41.0 Å². The molecule has 1 aromatic heterocycles. The van der Waals surface area contributed by atoms with Gasteiger partial charge in [-0.1, -0.05) is 19.9 Å². The molecule has 0 radical (unpaired) electrons. The zero-order chi connectivity index (χ0) is 15.7. The Bertz CT molecular complexity index is 472. The van der Waals surface area contributed by atoms with Crippen LogP contribution in [0.3, 0.4) is 0 Å². The molecule has 4 N–H and O–H groups in total. The van der Waals surface area contributed by atoms with E-state index in [4.69, 9.17) is 15.6 Å². The van der Waals surface area contributed by atoms with Crippen molar-refractivity contribution in [2.45, 2.75) is 32.2 Å². The van der Waals surface area contributed by atoms with Crippen LogP contribution in [0.2, 0.25) is 0 Å². The molecule has 1 unspecified atom stereocenters. The van der Waals surface area contributed by atoms with Crippen molar-refractivity contribution in [3.63, 3.8) is 0 Å². The molecule has 21 heavy (non-hydrogen) atoms. The fraction of sp³-hybridized carbons (Fsp3) is 0.500. The standard InChI is InChI=1S/C14H23N5O2/c1-4-5-11(6-7-20)18-13-12(8-17-14(15)19-13)21-9-10(2)16-3/h8,11,20H,2-7,9H2,1H3,(H3,15,17,18,19). The maximum absolute atomic E-state index is 9.11. The zero-order valence-electron chi connectivity index (χ0n) is 12.4. The highest BCUT2D eigenvalue weighted by atomic mass is 16.5. The number of nitrogens with one attached hydrogen (secondary N) is 1. The molecule has 0 fully saturated rings. The van der Waals surface area contributed by atoms with E-state index in [9.17, 15) is 0 Å².